The number of thiophene rings is 1. The van der Waals surface area contributed by atoms with E-state index >= 15 is 0 Å². The molecule has 0 bridgehead atoms. The Morgan fingerprint density at radius 3 is 2.91 bits per heavy atom. The molecule has 114 valence electrons. The van der Waals surface area contributed by atoms with Crippen LogP contribution in [0.4, 0.5) is 5.69 Å². The second kappa shape index (κ2) is 5.67. The lowest BCUT2D eigenvalue weighted by atomic mass is 9.98. The lowest BCUT2D eigenvalue weighted by Gasteiger charge is -2.10. The monoisotopic (exact) mass is 318 g/mol. The number of anilines is 1. The molecule has 1 aromatic heterocycles. The molecule has 1 heterocycles. The highest BCUT2D eigenvalue weighted by Gasteiger charge is 2.15. The molecule has 0 radical (unpaired) electrons. The van der Waals surface area contributed by atoms with Crippen LogP contribution in [-0.4, -0.2) is 12.8 Å². The molecular formula is C20H18N2S. The second-order valence-electron chi connectivity index (χ2n) is 5.76. The number of para-hydroxylation sites is 1. The zero-order chi connectivity index (χ0) is 15.8. The molecule has 23 heavy (non-hydrogen) atoms. The van der Waals surface area contributed by atoms with Crippen molar-refractivity contribution in [3.8, 4) is 0 Å². The van der Waals surface area contributed by atoms with Crippen molar-refractivity contribution in [2.45, 2.75) is 12.8 Å². The summed E-state index contributed by atoms with van der Waals surface area (Å²) in [6, 6.07) is 14.4. The molecule has 0 spiro atoms. The molecule has 0 aliphatic heterocycles. The summed E-state index contributed by atoms with van der Waals surface area (Å²) in [5, 5.41) is 13.1. The maximum atomic E-state index is 8.60. The number of hydrogen-bond acceptors (Lipinski definition) is 3. The van der Waals surface area contributed by atoms with E-state index in [0.29, 0.717) is 5.71 Å². The van der Waals surface area contributed by atoms with Gasteiger partial charge >= 0.3 is 0 Å². The number of allylic oxidation sites excluding steroid dienone is 1. The highest BCUT2D eigenvalue weighted by molar-refractivity contribution is 7.19. The molecule has 0 unspecified atom stereocenters. The molecule has 4 rings (SSSR count). The van der Waals surface area contributed by atoms with Crippen molar-refractivity contribution in [2.24, 2.45) is 0 Å². The highest BCUT2D eigenvalue weighted by atomic mass is 32.1. The Labute approximate surface area is 140 Å². The lowest BCUT2D eigenvalue weighted by molar-refractivity contribution is 1.02. The third kappa shape index (κ3) is 2.37. The zero-order valence-electron chi connectivity index (χ0n) is 13.0. The number of hydrogen-bond donors (Lipinski definition) is 2. The Kier molecular flexibility index (Phi) is 3.50. The summed E-state index contributed by atoms with van der Waals surface area (Å²) in [6.45, 7) is 0. The SMILES string of the molecule is CNc1ccccc1C(=N)c1ccc2c3c(sc2c1)CCC=C3. The van der Waals surface area contributed by atoms with E-state index in [1.807, 2.05) is 42.6 Å². The van der Waals surface area contributed by atoms with E-state index in [-0.39, 0.29) is 0 Å². The molecule has 2 nitrogen and oxygen atoms in total. The number of nitrogens with one attached hydrogen (secondary N) is 2. The van der Waals surface area contributed by atoms with Gasteiger partial charge in [0.15, 0.2) is 0 Å². The van der Waals surface area contributed by atoms with Crippen molar-refractivity contribution in [1.29, 1.82) is 5.41 Å². The normalized spacial score (nSPS) is 13.1. The Morgan fingerprint density at radius 1 is 1.17 bits per heavy atom. The van der Waals surface area contributed by atoms with Crippen molar-refractivity contribution < 1.29 is 0 Å². The van der Waals surface area contributed by atoms with E-state index in [1.54, 1.807) is 0 Å². The van der Waals surface area contributed by atoms with Crippen molar-refractivity contribution in [1.82, 2.24) is 0 Å². The van der Waals surface area contributed by atoms with Crippen LogP contribution in [0, 0.1) is 5.41 Å². The number of rotatable bonds is 3. The van der Waals surface area contributed by atoms with Gasteiger partial charge in [-0.3, -0.25) is 5.41 Å². The van der Waals surface area contributed by atoms with Gasteiger partial charge in [-0.1, -0.05) is 42.5 Å². The van der Waals surface area contributed by atoms with E-state index in [0.717, 1.165) is 29.7 Å². The van der Waals surface area contributed by atoms with Gasteiger partial charge < -0.3 is 5.32 Å². The second-order valence-corrected chi connectivity index (χ2v) is 6.90. The summed E-state index contributed by atoms with van der Waals surface area (Å²) >= 11 is 1.87. The minimum absolute atomic E-state index is 0.568. The van der Waals surface area contributed by atoms with Crippen LogP contribution in [0.1, 0.15) is 28.0 Å². The smallest absolute Gasteiger partial charge is 0.0705 e. The first-order valence-corrected chi connectivity index (χ1v) is 8.67. The predicted octanol–water partition coefficient (Wildman–Crippen LogP) is 5.32. The summed E-state index contributed by atoms with van der Waals surface area (Å²) in [4.78, 5) is 1.47. The molecule has 0 saturated heterocycles. The standard InChI is InChI=1S/C20H18N2S/c1-22-17-8-4-2-7-16(17)20(21)13-10-11-15-14-6-3-5-9-18(14)23-19(15)12-13/h2-4,6-8,10-12,21-22H,5,9H2,1H3. The summed E-state index contributed by atoms with van der Waals surface area (Å²) < 4.78 is 1.28. The van der Waals surface area contributed by atoms with Gasteiger partial charge in [0, 0.05) is 33.4 Å². The molecule has 2 aromatic carbocycles. The minimum atomic E-state index is 0.568. The number of benzene rings is 2. The quantitative estimate of drug-likeness (QED) is 0.630. The zero-order valence-corrected chi connectivity index (χ0v) is 13.8. The molecule has 3 heteroatoms. The average molecular weight is 318 g/mol. The Bertz CT molecular complexity index is 934. The van der Waals surface area contributed by atoms with Gasteiger partial charge in [-0.15, -0.1) is 11.3 Å². The van der Waals surface area contributed by atoms with Gasteiger partial charge in [0.2, 0.25) is 0 Å². The fourth-order valence-corrected chi connectivity index (χ4v) is 4.43. The van der Waals surface area contributed by atoms with Crippen LogP contribution < -0.4 is 5.32 Å². The summed E-state index contributed by atoms with van der Waals surface area (Å²) in [6.07, 6.45) is 6.78. The molecule has 1 aliphatic carbocycles. The van der Waals surface area contributed by atoms with E-state index < -0.39 is 0 Å². The van der Waals surface area contributed by atoms with Gasteiger partial charge in [0.1, 0.15) is 0 Å². The topological polar surface area (TPSA) is 35.9 Å². The van der Waals surface area contributed by atoms with Crippen LogP contribution in [0.3, 0.4) is 0 Å². The summed E-state index contributed by atoms with van der Waals surface area (Å²) in [5.74, 6) is 0. The van der Waals surface area contributed by atoms with Gasteiger partial charge in [-0.05, 0) is 35.9 Å². The first-order chi connectivity index (χ1) is 11.3. The van der Waals surface area contributed by atoms with E-state index in [4.69, 9.17) is 5.41 Å². The Morgan fingerprint density at radius 2 is 2.04 bits per heavy atom. The molecule has 0 atom stereocenters. The van der Waals surface area contributed by atoms with Crippen LogP contribution in [-0.2, 0) is 6.42 Å². The molecule has 0 saturated carbocycles. The van der Waals surface area contributed by atoms with Gasteiger partial charge in [-0.25, -0.2) is 0 Å². The van der Waals surface area contributed by atoms with Gasteiger partial charge in [0.05, 0.1) is 5.71 Å². The number of aryl methyl sites for hydroxylation is 1. The first-order valence-electron chi connectivity index (χ1n) is 7.86. The predicted molar refractivity (Wildman–Crippen MR) is 101 cm³/mol. The van der Waals surface area contributed by atoms with Crippen molar-refractivity contribution in [3.05, 3.63) is 70.1 Å². The lowest BCUT2D eigenvalue weighted by Crippen LogP contribution is -2.05. The maximum absolute atomic E-state index is 8.60. The molecular weight excluding hydrogens is 300 g/mol. The Hall–Kier alpha value is -2.39. The third-order valence-electron chi connectivity index (χ3n) is 4.38. The fraction of sp³-hybridized carbons (Fsp3) is 0.150. The van der Waals surface area contributed by atoms with Gasteiger partial charge in [-0.2, -0.15) is 0 Å². The van der Waals surface area contributed by atoms with Crippen LogP contribution in [0.15, 0.2) is 48.5 Å². The minimum Gasteiger partial charge on any atom is -0.388 e. The van der Waals surface area contributed by atoms with Crippen molar-refractivity contribution in [2.75, 3.05) is 12.4 Å². The maximum Gasteiger partial charge on any atom is 0.0705 e. The summed E-state index contributed by atoms with van der Waals surface area (Å²) in [5.41, 5.74) is 4.85. The highest BCUT2D eigenvalue weighted by Crippen LogP contribution is 2.36. The van der Waals surface area contributed by atoms with Crippen LogP contribution in [0.5, 0.6) is 0 Å². The van der Waals surface area contributed by atoms with Crippen LogP contribution >= 0.6 is 11.3 Å². The molecule has 0 fully saturated rings. The molecule has 3 aromatic rings. The van der Waals surface area contributed by atoms with Crippen LogP contribution in [0.2, 0.25) is 0 Å². The van der Waals surface area contributed by atoms with E-state index in [9.17, 15) is 0 Å². The molecule has 0 amide bonds. The third-order valence-corrected chi connectivity index (χ3v) is 5.61. The fourth-order valence-electron chi connectivity index (χ4n) is 3.18. The van der Waals surface area contributed by atoms with Gasteiger partial charge in [0.25, 0.3) is 0 Å². The average Bonchev–Trinajstić information content (AvgIpc) is 2.98. The van der Waals surface area contributed by atoms with Crippen LogP contribution in [0.25, 0.3) is 16.2 Å². The van der Waals surface area contributed by atoms with E-state index in [1.165, 1.54) is 20.5 Å². The molecule has 1 aliphatic rings. The van der Waals surface area contributed by atoms with Crippen molar-refractivity contribution >= 4 is 38.9 Å². The Balaban J connectivity index is 1.80. The van der Waals surface area contributed by atoms with Crippen molar-refractivity contribution in [3.63, 3.8) is 0 Å². The first kappa shape index (κ1) is 14.2. The van der Waals surface area contributed by atoms with E-state index in [2.05, 4.69) is 35.7 Å². The summed E-state index contributed by atoms with van der Waals surface area (Å²) in [7, 11) is 1.90. The molecule has 2 N–H and O–H groups in total. The largest absolute Gasteiger partial charge is 0.388 e. The number of fused-ring (bicyclic) bond motifs is 3.